The van der Waals surface area contributed by atoms with Gasteiger partial charge in [0.25, 0.3) is 10.0 Å². The molecule has 5 nitrogen and oxygen atoms in total. The molecule has 0 amide bonds. The molecule has 2 aromatic rings. The normalized spacial score (nSPS) is 16.8. The van der Waals surface area contributed by atoms with Crippen molar-refractivity contribution in [3.8, 4) is 5.75 Å². The highest BCUT2D eigenvalue weighted by Crippen LogP contribution is 2.37. The van der Waals surface area contributed by atoms with Crippen LogP contribution >= 0.6 is 0 Å². The molecule has 28 heavy (non-hydrogen) atoms. The number of rotatable bonds is 5. The van der Waals surface area contributed by atoms with Gasteiger partial charge in [-0.15, -0.1) is 0 Å². The molecule has 1 aliphatic rings. The lowest BCUT2D eigenvalue weighted by Gasteiger charge is -2.32. The van der Waals surface area contributed by atoms with Crippen molar-refractivity contribution in [2.75, 3.05) is 25.9 Å². The van der Waals surface area contributed by atoms with Gasteiger partial charge in [0.05, 0.1) is 12.8 Å². The first-order chi connectivity index (χ1) is 13.1. The molecule has 1 unspecified atom stereocenters. The molecule has 0 radical (unpaired) electrons. The SMILES string of the molecule is COc1ccc(NS(=O)(=O)c2cc(F)c(F)cc2F)c2c1CC(N(C)C)CC2. The van der Waals surface area contributed by atoms with Crippen molar-refractivity contribution < 1.29 is 26.3 Å². The minimum absolute atomic E-state index is 0.217. The zero-order valence-corrected chi connectivity index (χ0v) is 16.5. The average Bonchev–Trinajstić information content (AvgIpc) is 2.64. The minimum Gasteiger partial charge on any atom is -0.496 e. The molecule has 3 rings (SSSR count). The summed E-state index contributed by atoms with van der Waals surface area (Å²) in [6, 6.07) is 4.00. The third-order valence-electron chi connectivity index (χ3n) is 5.01. The molecule has 0 aromatic heterocycles. The molecule has 0 bridgehead atoms. The lowest BCUT2D eigenvalue weighted by Crippen LogP contribution is -2.34. The number of sulfonamides is 1. The molecule has 0 heterocycles. The maximum atomic E-state index is 14.0. The Balaban J connectivity index is 2.02. The predicted molar refractivity (Wildman–Crippen MR) is 99.6 cm³/mol. The Hall–Kier alpha value is -2.26. The van der Waals surface area contributed by atoms with Crippen LogP contribution in [-0.4, -0.2) is 40.6 Å². The van der Waals surface area contributed by atoms with Crippen molar-refractivity contribution in [3.05, 3.63) is 52.8 Å². The third-order valence-corrected chi connectivity index (χ3v) is 6.39. The maximum Gasteiger partial charge on any atom is 0.264 e. The van der Waals surface area contributed by atoms with E-state index in [1.807, 2.05) is 14.1 Å². The highest BCUT2D eigenvalue weighted by molar-refractivity contribution is 7.92. The van der Waals surface area contributed by atoms with E-state index in [-0.39, 0.29) is 17.8 Å². The van der Waals surface area contributed by atoms with Crippen molar-refractivity contribution in [1.29, 1.82) is 0 Å². The lowest BCUT2D eigenvalue weighted by atomic mass is 9.86. The fourth-order valence-electron chi connectivity index (χ4n) is 3.47. The molecule has 1 N–H and O–H groups in total. The van der Waals surface area contributed by atoms with Crippen molar-refractivity contribution >= 4 is 15.7 Å². The molecule has 0 saturated heterocycles. The molecule has 0 spiro atoms. The van der Waals surface area contributed by atoms with Gasteiger partial charge in [-0.05, 0) is 51.1 Å². The largest absolute Gasteiger partial charge is 0.496 e. The van der Waals surface area contributed by atoms with Crippen molar-refractivity contribution in [2.45, 2.75) is 30.2 Å². The fourth-order valence-corrected chi connectivity index (χ4v) is 4.63. The van der Waals surface area contributed by atoms with Gasteiger partial charge in [0.15, 0.2) is 11.6 Å². The van der Waals surface area contributed by atoms with E-state index in [4.69, 9.17) is 4.74 Å². The molecule has 1 atom stereocenters. The van der Waals surface area contributed by atoms with Crippen LogP contribution in [0, 0.1) is 17.5 Å². The summed E-state index contributed by atoms with van der Waals surface area (Å²) < 4.78 is 73.5. The van der Waals surface area contributed by atoms with E-state index in [0.29, 0.717) is 24.7 Å². The van der Waals surface area contributed by atoms with E-state index in [9.17, 15) is 21.6 Å². The van der Waals surface area contributed by atoms with Crippen LogP contribution in [-0.2, 0) is 22.9 Å². The number of fused-ring (bicyclic) bond motifs is 1. The van der Waals surface area contributed by atoms with Crippen molar-refractivity contribution in [1.82, 2.24) is 4.90 Å². The second-order valence-electron chi connectivity index (χ2n) is 6.93. The van der Waals surface area contributed by atoms with Gasteiger partial charge in [-0.1, -0.05) is 0 Å². The Labute approximate surface area is 162 Å². The standard InChI is InChI=1S/C19H21F3N2O3S/c1-24(2)11-4-5-12-13(8-11)18(27-3)7-6-17(12)23-28(25,26)19-10-15(21)14(20)9-16(19)22/h6-7,9-11,23H,4-5,8H2,1-3H3. The van der Waals surface area contributed by atoms with E-state index < -0.39 is 32.4 Å². The van der Waals surface area contributed by atoms with Crippen LogP contribution in [0.25, 0.3) is 0 Å². The fraction of sp³-hybridized carbons (Fsp3) is 0.368. The number of halogens is 3. The Kier molecular flexibility index (Phi) is 5.58. The summed E-state index contributed by atoms with van der Waals surface area (Å²) in [5.74, 6) is -3.61. The first-order valence-corrected chi connectivity index (χ1v) is 10.1. The van der Waals surface area contributed by atoms with E-state index in [2.05, 4.69) is 9.62 Å². The van der Waals surface area contributed by atoms with Crippen molar-refractivity contribution in [3.63, 3.8) is 0 Å². The monoisotopic (exact) mass is 414 g/mol. The molecule has 152 valence electrons. The predicted octanol–water partition coefficient (Wildman–Crippen LogP) is 3.33. The van der Waals surface area contributed by atoms with Crippen LogP contribution < -0.4 is 9.46 Å². The van der Waals surface area contributed by atoms with Gasteiger partial charge in [-0.25, -0.2) is 21.6 Å². The smallest absolute Gasteiger partial charge is 0.264 e. The van der Waals surface area contributed by atoms with Crippen LogP contribution in [0.5, 0.6) is 5.75 Å². The minimum atomic E-state index is -4.45. The van der Waals surface area contributed by atoms with Crippen LogP contribution in [0.3, 0.4) is 0 Å². The molecule has 1 aliphatic carbocycles. The number of methoxy groups -OCH3 is 1. The first-order valence-electron chi connectivity index (χ1n) is 8.66. The van der Waals surface area contributed by atoms with Crippen LogP contribution in [0.4, 0.5) is 18.9 Å². The first kappa shape index (κ1) is 20.5. The van der Waals surface area contributed by atoms with E-state index in [1.165, 1.54) is 13.2 Å². The Morgan fingerprint density at radius 2 is 1.75 bits per heavy atom. The Bertz CT molecular complexity index is 1010. The second-order valence-corrected chi connectivity index (χ2v) is 8.59. The number of likely N-dealkylation sites (N-methyl/N-ethyl adjacent to an activating group) is 1. The second kappa shape index (κ2) is 7.63. The molecule has 0 saturated carbocycles. The zero-order chi connectivity index (χ0) is 20.6. The molecular weight excluding hydrogens is 393 g/mol. The summed E-state index contributed by atoms with van der Waals surface area (Å²) in [6.07, 6.45) is 2.07. The Morgan fingerprint density at radius 1 is 1.07 bits per heavy atom. The quantitative estimate of drug-likeness (QED) is 0.763. The van der Waals surface area contributed by atoms with Gasteiger partial charge in [0.2, 0.25) is 0 Å². The van der Waals surface area contributed by atoms with Crippen LogP contribution in [0.15, 0.2) is 29.2 Å². The van der Waals surface area contributed by atoms with Gasteiger partial charge in [-0.3, -0.25) is 4.72 Å². The number of ether oxygens (including phenoxy) is 1. The number of anilines is 1. The van der Waals surface area contributed by atoms with E-state index in [1.54, 1.807) is 6.07 Å². The summed E-state index contributed by atoms with van der Waals surface area (Å²) in [7, 11) is 1.03. The maximum absolute atomic E-state index is 14.0. The van der Waals surface area contributed by atoms with Crippen LogP contribution in [0.1, 0.15) is 17.5 Å². The van der Waals surface area contributed by atoms with Gasteiger partial charge in [0.1, 0.15) is 16.5 Å². The van der Waals surface area contributed by atoms with Gasteiger partial charge >= 0.3 is 0 Å². The summed E-state index contributed by atoms with van der Waals surface area (Å²) in [5, 5.41) is 0. The highest BCUT2D eigenvalue weighted by atomic mass is 32.2. The molecular formula is C19H21F3N2O3S. The van der Waals surface area contributed by atoms with Gasteiger partial charge in [-0.2, -0.15) is 0 Å². The highest BCUT2D eigenvalue weighted by Gasteiger charge is 2.28. The topological polar surface area (TPSA) is 58.6 Å². The molecule has 0 fully saturated rings. The zero-order valence-electron chi connectivity index (χ0n) is 15.7. The molecule has 2 aromatic carbocycles. The summed E-state index contributed by atoms with van der Waals surface area (Å²) in [6.45, 7) is 0. The van der Waals surface area contributed by atoms with Crippen molar-refractivity contribution in [2.24, 2.45) is 0 Å². The summed E-state index contributed by atoms with van der Waals surface area (Å²) >= 11 is 0. The number of hydrogen-bond acceptors (Lipinski definition) is 4. The number of hydrogen-bond donors (Lipinski definition) is 1. The summed E-state index contributed by atoms with van der Waals surface area (Å²) in [5.41, 5.74) is 1.90. The number of nitrogens with one attached hydrogen (secondary N) is 1. The summed E-state index contributed by atoms with van der Waals surface area (Å²) in [4.78, 5) is 1.15. The number of benzene rings is 2. The Morgan fingerprint density at radius 3 is 2.39 bits per heavy atom. The number of nitrogens with zero attached hydrogens (tertiary/aromatic N) is 1. The molecule has 9 heteroatoms. The third kappa shape index (κ3) is 3.81. The van der Waals surface area contributed by atoms with Gasteiger partial charge < -0.3 is 9.64 Å². The molecule has 0 aliphatic heterocycles. The van der Waals surface area contributed by atoms with E-state index in [0.717, 1.165) is 17.5 Å². The lowest BCUT2D eigenvalue weighted by molar-refractivity contribution is 0.265. The average molecular weight is 414 g/mol. The van der Waals surface area contributed by atoms with E-state index >= 15 is 0 Å². The van der Waals surface area contributed by atoms with Gasteiger partial charge in [0, 0.05) is 23.7 Å². The van der Waals surface area contributed by atoms with Crippen LogP contribution in [0.2, 0.25) is 0 Å².